The number of unbranched alkanes of at least 4 members (excludes halogenated alkanes) is 4. The molecule has 1 aromatic rings. The maximum Gasteiger partial charge on any atom is 0.303 e. The molecule has 0 aliphatic heterocycles. The van der Waals surface area contributed by atoms with Crippen molar-refractivity contribution in [2.24, 2.45) is 0 Å². The Hall–Kier alpha value is -1.75. The third-order valence-electron chi connectivity index (χ3n) is 2.72. The summed E-state index contributed by atoms with van der Waals surface area (Å²) in [4.78, 5) is 15.5. The zero-order valence-corrected chi connectivity index (χ0v) is 11.0. The largest absolute Gasteiger partial charge is 0.504 e. The first-order chi connectivity index (χ1) is 9.20. The van der Waals surface area contributed by atoms with E-state index in [0.29, 0.717) is 12.3 Å². The predicted molar refractivity (Wildman–Crippen MR) is 72.1 cm³/mol. The number of hydrogen-bond acceptors (Lipinski definition) is 4. The van der Waals surface area contributed by atoms with Crippen molar-refractivity contribution in [2.75, 3.05) is 6.54 Å². The molecular formula is C14H21NO4. The number of aliphatic carboxylic acids is 1. The predicted octanol–water partition coefficient (Wildman–Crippen LogP) is 2.70. The van der Waals surface area contributed by atoms with Crippen LogP contribution in [0.1, 0.15) is 38.5 Å². The quantitative estimate of drug-likeness (QED) is 0.448. The van der Waals surface area contributed by atoms with Crippen LogP contribution in [-0.2, 0) is 4.79 Å². The van der Waals surface area contributed by atoms with Crippen molar-refractivity contribution in [2.45, 2.75) is 38.5 Å². The second-order valence-corrected chi connectivity index (χ2v) is 4.38. The molecule has 0 amide bonds. The van der Waals surface area contributed by atoms with Crippen molar-refractivity contribution in [3.05, 3.63) is 24.3 Å². The Morgan fingerprint density at radius 3 is 2.53 bits per heavy atom. The normalized spacial score (nSPS) is 10.3. The fourth-order valence-corrected chi connectivity index (χ4v) is 1.68. The molecule has 5 nitrogen and oxygen atoms in total. The van der Waals surface area contributed by atoms with Crippen LogP contribution >= 0.6 is 0 Å². The van der Waals surface area contributed by atoms with Crippen molar-refractivity contribution in [1.82, 2.24) is 5.48 Å². The number of benzene rings is 1. The molecule has 0 spiro atoms. The lowest BCUT2D eigenvalue weighted by Crippen LogP contribution is -2.19. The fraction of sp³-hybridized carbons (Fsp3) is 0.500. The van der Waals surface area contributed by atoms with Crippen LogP contribution in [-0.4, -0.2) is 22.7 Å². The molecule has 19 heavy (non-hydrogen) atoms. The van der Waals surface area contributed by atoms with Crippen molar-refractivity contribution >= 4 is 5.97 Å². The summed E-state index contributed by atoms with van der Waals surface area (Å²) < 4.78 is 0. The van der Waals surface area contributed by atoms with Crippen LogP contribution in [0.15, 0.2) is 24.3 Å². The monoisotopic (exact) mass is 267 g/mol. The third kappa shape index (κ3) is 7.31. The molecule has 0 heterocycles. The average Bonchev–Trinajstić information content (AvgIpc) is 2.38. The molecule has 0 saturated heterocycles. The molecule has 0 radical (unpaired) electrons. The molecule has 1 aromatic carbocycles. The number of carboxylic acid groups (broad SMARTS) is 1. The first-order valence-electron chi connectivity index (χ1n) is 6.59. The number of hydroxylamine groups is 1. The Bertz CT molecular complexity index is 381. The van der Waals surface area contributed by atoms with Gasteiger partial charge in [0, 0.05) is 13.0 Å². The number of nitrogens with one attached hydrogen (secondary N) is 1. The molecule has 3 N–H and O–H groups in total. The summed E-state index contributed by atoms with van der Waals surface area (Å²) >= 11 is 0. The Balaban J connectivity index is 1.94. The van der Waals surface area contributed by atoms with Gasteiger partial charge in [0.05, 0.1) is 0 Å². The summed E-state index contributed by atoms with van der Waals surface area (Å²) in [5, 5.41) is 17.9. The summed E-state index contributed by atoms with van der Waals surface area (Å²) in [7, 11) is 0. The number of rotatable bonds is 10. The topological polar surface area (TPSA) is 78.8 Å². The van der Waals surface area contributed by atoms with Gasteiger partial charge in [-0.1, -0.05) is 31.4 Å². The second-order valence-electron chi connectivity index (χ2n) is 4.38. The van der Waals surface area contributed by atoms with Crippen LogP contribution in [0.2, 0.25) is 0 Å². The van der Waals surface area contributed by atoms with E-state index in [1.165, 1.54) is 0 Å². The molecule has 1 rings (SSSR count). The second kappa shape index (κ2) is 9.22. The van der Waals surface area contributed by atoms with Crippen LogP contribution in [0.4, 0.5) is 0 Å². The Morgan fingerprint density at radius 2 is 1.79 bits per heavy atom. The van der Waals surface area contributed by atoms with Gasteiger partial charge in [-0.2, -0.15) is 5.48 Å². The number of aromatic hydroxyl groups is 1. The highest BCUT2D eigenvalue weighted by molar-refractivity contribution is 5.66. The zero-order chi connectivity index (χ0) is 13.9. The van der Waals surface area contributed by atoms with E-state index in [1.807, 2.05) is 0 Å². The highest BCUT2D eigenvalue weighted by Crippen LogP contribution is 2.23. The summed E-state index contributed by atoms with van der Waals surface area (Å²) in [5.74, 6) is -0.189. The van der Waals surface area contributed by atoms with Gasteiger partial charge in [-0.05, 0) is 25.0 Å². The summed E-state index contributed by atoms with van der Waals surface area (Å²) in [6, 6.07) is 6.78. The van der Waals surface area contributed by atoms with Gasteiger partial charge in [0.15, 0.2) is 11.5 Å². The first-order valence-corrected chi connectivity index (χ1v) is 6.59. The minimum Gasteiger partial charge on any atom is -0.504 e. The van der Waals surface area contributed by atoms with Crippen molar-refractivity contribution < 1.29 is 19.8 Å². The van der Waals surface area contributed by atoms with Gasteiger partial charge in [-0.15, -0.1) is 0 Å². The highest BCUT2D eigenvalue weighted by Gasteiger charge is 2.00. The van der Waals surface area contributed by atoms with E-state index in [-0.39, 0.29) is 12.2 Å². The van der Waals surface area contributed by atoms with E-state index in [4.69, 9.17) is 9.94 Å². The highest BCUT2D eigenvalue weighted by atomic mass is 16.6. The molecular weight excluding hydrogens is 246 g/mol. The lowest BCUT2D eigenvalue weighted by molar-refractivity contribution is -0.137. The number of para-hydroxylation sites is 2. The number of carbonyl (C=O) groups is 1. The van der Waals surface area contributed by atoms with E-state index in [2.05, 4.69) is 5.48 Å². The van der Waals surface area contributed by atoms with Gasteiger partial charge in [0.25, 0.3) is 0 Å². The van der Waals surface area contributed by atoms with Crippen LogP contribution in [0.5, 0.6) is 11.5 Å². The summed E-state index contributed by atoms with van der Waals surface area (Å²) in [6.07, 6.45) is 4.99. The first kappa shape index (κ1) is 15.3. The molecule has 0 aliphatic rings. The third-order valence-corrected chi connectivity index (χ3v) is 2.72. The van der Waals surface area contributed by atoms with Crippen molar-refractivity contribution in [3.63, 3.8) is 0 Å². The molecule has 0 saturated carbocycles. The van der Waals surface area contributed by atoms with Crippen LogP contribution < -0.4 is 10.3 Å². The van der Waals surface area contributed by atoms with Gasteiger partial charge >= 0.3 is 5.97 Å². The molecule has 0 fully saturated rings. The number of carboxylic acids is 1. The van der Waals surface area contributed by atoms with Crippen molar-refractivity contribution in [1.29, 1.82) is 0 Å². The smallest absolute Gasteiger partial charge is 0.303 e. The van der Waals surface area contributed by atoms with Crippen LogP contribution in [0, 0.1) is 0 Å². The van der Waals surface area contributed by atoms with E-state index in [0.717, 1.165) is 32.1 Å². The Kier molecular flexibility index (Phi) is 7.43. The minimum atomic E-state index is -0.724. The number of phenolic OH excluding ortho intramolecular Hbond substituents is 1. The average molecular weight is 267 g/mol. The van der Waals surface area contributed by atoms with E-state index in [9.17, 15) is 9.90 Å². The van der Waals surface area contributed by atoms with E-state index >= 15 is 0 Å². The minimum absolute atomic E-state index is 0.115. The van der Waals surface area contributed by atoms with Gasteiger partial charge in [-0.3, -0.25) is 4.79 Å². The molecule has 106 valence electrons. The van der Waals surface area contributed by atoms with Crippen LogP contribution in [0.3, 0.4) is 0 Å². The van der Waals surface area contributed by atoms with Gasteiger partial charge in [0.2, 0.25) is 0 Å². The summed E-state index contributed by atoms with van der Waals surface area (Å²) in [5.41, 5.74) is 2.80. The summed E-state index contributed by atoms with van der Waals surface area (Å²) in [6.45, 7) is 0.702. The zero-order valence-electron chi connectivity index (χ0n) is 11.0. The van der Waals surface area contributed by atoms with Gasteiger partial charge in [-0.25, -0.2) is 0 Å². The fourth-order valence-electron chi connectivity index (χ4n) is 1.68. The Morgan fingerprint density at radius 1 is 1.11 bits per heavy atom. The van der Waals surface area contributed by atoms with Gasteiger partial charge in [0.1, 0.15) is 0 Å². The lowest BCUT2D eigenvalue weighted by Gasteiger charge is -2.08. The molecule has 0 atom stereocenters. The Labute approximate surface area is 113 Å². The standard InChI is InChI=1S/C14H21NO4/c16-12-8-5-6-9-13(12)19-15-11-7-3-1-2-4-10-14(17)18/h5-6,8-9,15-16H,1-4,7,10-11H2,(H,17,18). The molecule has 5 heteroatoms. The van der Waals surface area contributed by atoms with E-state index < -0.39 is 5.97 Å². The number of hydrogen-bond donors (Lipinski definition) is 3. The maximum absolute atomic E-state index is 10.3. The molecule has 0 bridgehead atoms. The maximum atomic E-state index is 10.3. The lowest BCUT2D eigenvalue weighted by atomic mass is 10.1. The van der Waals surface area contributed by atoms with Gasteiger partial charge < -0.3 is 15.1 Å². The number of phenols is 1. The van der Waals surface area contributed by atoms with E-state index in [1.54, 1.807) is 24.3 Å². The molecule has 0 unspecified atom stereocenters. The van der Waals surface area contributed by atoms with Crippen LogP contribution in [0.25, 0.3) is 0 Å². The molecule has 0 aromatic heterocycles. The van der Waals surface area contributed by atoms with Crippen molar-refractivity contribution in [3.8, 4) is 11.5 Å². The SMILES string of the molecule is O=C(O)CCCCCCCNOc1ccccc1O. The molecule has 0 aliphatic carbocycles.